The minimum Gasteiger partial charge on any atom is -0.494 e. The number of ether oxygens (including phenoxy) is 3. The summed E-state index contributed by atoms with van der Waals surface area (Å²) >= 11 is 0. The summed E-state index contributed by atoms with van der Waals surface area (Å²) in [7, 11) is 0. The third-order valence-corrected chi connectivity index (χ3v) is 3.88. The standard InChI is InChI=1S/C22H28N2O4/c1-5-14-28-19-11-8-17(9-12-19)22(25)24-23-16(4)18-10-13-20(26-6-2)21(15-18)27-7-3/h8-13,15H,5-7,14H2,1-4H3,(H,24,25)/b23-16+. The Labute approximate surface area is 166 Å². The van der Waals surface area contributed by atoms with Crippen molar-refractivity contribution in [3.05, 3.63) is 53.6 Å². The molecule has 0 heterocycles. The molecule has 0 aromatic heterocycles. The van der Waals surface area contributed by atoms with Gasteiger partial charge in [-0.15, -0.1) is 0 Å². The lowest BCUT2D eigenvalue weighted by Crippen LogP contribution is -2.19. The van der Waals surface area contributed by atoms with Crippen LogP contribution in [0.4, 0.5) is 0 Å². The predicted octanol–water partition coefficient (Wildman–Crippen LogP) is 4.43. The molecule has 0 aliphatic rings. The quantitative estimate of drug-likeness (QED) is 0.486. The molecule has 0 spiro atoms. The predicted molar refractivity (Wildman–Crippen MR) is 111 cm³/mol. The molecule has 0 saturated heterocycles. The number of nitrogens with one attached hydrogen (secondary N) is 1. The lowest BCUT2D eigenvalue weighted by Gasteiger charge is -2.12. The number of hydrazone groups is 1. The summed E-state index contributed by atoms with van der Waals surface area (Å²) in [5.41, 5.74) is 4.61. The van der Waals surface area contributed by atoms with Gasteiger partial charge in [0.2, 0.25) is 0 Å². The fraction of sp³-hybridized carbons (Fsp3) is 0.364. The maximum absolute atomic E-state index is 12.3. The van der Waals surface area contributed by atoms with Crippen molar-refractivity contribution >= 4 is 11.6 Å². The van der Waals surface area contributed by atoms with E-state index in [-0.39, 0.29) is 5.91 Å². The van der Waals surface area contributed by atoms with Gasteiger partial charge in [-0.3, -0.25) is 4.79 Å². The zero-order valence-corrected chi connectivity index (χ0v) is 17.0. The normalized spacial score (nSPS) is 11.1. The maximum atomic E-state index is 12.3. The monoisotopic (exact) mass is 384 g/mol. The number of nitrogens with zero attached hydrogens (tertiary/aromatic N) is 1. The Morgan fingerprint density at radius 3 is 2.18 bits per heavy atom. The lowest BCUT2D eigenvalue weighted by molar-refractivity contribution is 0.0955. The maximum Gasteiger partial charge on any atom is 0.271 e. The number of hydrogen-bond donors (Lipinski definition) is 1. The summed E-state index contributed by atoms with van der Waals surface area (Å²) in [6.45, 7) is 9.47. The molecule has 6 heteroatoms. The average molecular weight is 384 g/mol. The van der Waals surface area contributed by atoms with Gasteiger partial charge in [0.25, 0.3) is 5.91 Å². The molecule has 0 saturated carbocycles. The van der Waals surface area contributed by atoms with Crippen molar-refractivity contribution in [2.75, 3.05) is 19.8 Å². The van der Waals surface area contributed by atoms with E-state index in [1.165, 1.54) is 0 Å². The number of carbonyl (C=O) groups excluding carboxylic acids is 1. The van der Waals surface area contributed by atoms with Crippen LogP contribution in [-0.2, 0) is 0 Å². The Morgan fingerprint density at radius 2 is 1.54 bits per heavy atom. The second-order valence-electron chi connectivity index (χ2n) is 6.04. The van der Waals surface area contributed by atoms with Crippen molar-refractivity contribution in [3.8, 4) is 17.2 Å². The first-order valence-electron chi connectivity index (χ1n) is 9.56. The van der Waals surface area contributed by atoms with Crippen LogP contribution in [-0.4, -0.2) is 31.4 Å². The molecule has 0 atom stereocenters. The summed E-state index contributed by atoms with van der Waals surface area (Å²) in [6.07, 6.45) is 0.937. The smallest absolute Gasteiger partial charge is 0.271 e. The highest BCUT2D eigenvalue weighted by atomic mass is 16.5. The highest BCUT2D eigenvalue weighted by Crippen LogP contribution is 2.28. The lowest BCUT2D eigenvalue weighted by atomic mass is 10.1. The molecule has 2 aromatic rings. The van der Waals surface area contributed by atoms with E-state index >= 15 is 0 Å². The van der Waals surface area contributed by atoms with Gasteiger partial charge in [0.15, 0.2) is 11.5 Å². The van der Waals surface area contributed by atoms with Crippen molar-refractivity contribution in [2.24, 2.45) is 5.10 Å². The zero-order chi connectivity index (χ0) is 20.4. The highest BCUT2D eigenvalue weighted by molar-refractivity contribution is 6.01. The molecule has 150 valence electrons. The Balaban J connectivity index is 2.06. The molecule has 0 radical (unpaired) electrons. The molecular weight excluding hydrogens is 356 g/mol. The van der Waals surface area contributed by atoms with Crippen LogP contribution < -0.4 is 19.6 Å². The number of amides is 1. The second kappa shape index (κ2) is 11.0. The molecule has 0 fully saturated rings. The van der Waals surface area contributed by atoms with Crippen molar-refractivity contribution in [1.29, 1.82) is 0 Å². The second-order valence-corrected chi connectivity index (χ2v) is 6.04. The average Bonchev–Trinajstić information content (AvgIpc) is 2.72. The molecule has 0 aliphatic carbocycles. The largest absolute Gasteiger partial charge is 0.494 e. The molecule has 0 unspecified atom stereocenters. The minimum absolute atomic E-state index is 0.280. The van der Waals surface area contributed by atoms with Crippen LogP contribution in [0.25, 0.3) is 0 Å². The highest BCUT2D eigenvalue weighted by Gasteiger charge is 2.09. The van der Waals surface area contributed by atoms with Crippen molar-refractivity contribution in [2.45, 2.75) is 34.1 Å². The Bertz CT molecular complexity index is 801. The van der Waals surface area contributed by atoms with Gasteiger partial charge < -0.3 is 14.2 Å². The third kappa shape index (κ3) is 6.01. The van der Waals surface area contributed by atoms with E-state index in [0.717, 1.165) is 17.7 Å². The Kier molecular flexibility index (Phi) is 8.34. The first-order valence-corrected chi connectivity index (χ1v) is 9.56. The summed E-state index contributed by atoms with van der Waals surface area (Å²) < 4.78 is 16.7. The summed E-state index contributed by atoms with van der Waals surface area (Å²) in [5, 5.41) is 4.21. The molecule has 1 amide bonds. The number of benzene rings is 2. The van der Waals surface area contributed by atoms with E-state index in [1.54, 1.807) is 24.3 Å². The Hall–Kier alpha value is -3.02. The topological polar surface area (TPSA) is 69.2 Å². The number of rotatable bonds is 10. The third-order valence-electron chi connectivity index (χ3n) is 3.88. The van der Waals surface area contributed by atoms with Crippen molar-refractivity contribution in [1.82, 2.24) is 5.43 Å². The minimum atomic E-state index is -0.280. The molecular formula is C22H28N2O4. The molecule has 6 nitrogen and oxygen atoms in total. The Morgan fingerprint density at radius 1 is 0.893 bits per heavy atom. The van der Waals surface area contributed by atoms with E-state index in [9.17, 15) is 4.79 Å². The van der Waals surface area contributed by atoms with Gasteiger partial charge in [0.05, 0.1) is 25.5 Å². The van der Waals surface area contributed by atoms with Crippen LogP contribution in [0.5, 0.6) is 17.2 Å². The molecule has 0 aliphatic heterocycles. The van der Waals surface area contributed by atoms with Crippen LogP contribution in [0.15, 0.2) is 47.6 Å². The van der Waals surface area contributed by atoms with Gasteiger partial charge in [0.1, 0.15) is 5.75 Å². The number of hydrogen-bond acceptors (Lipinski definition) is 5. The zero-order valence-electron chi connectivity index (χ0n) is 17.0. The van der Waals surface area contributed by atoms with Gasteiger partial charge in [-0.1, -0.05) is 6.92 Å². The van der Waals surface area contributed by atoms with Crippen LogP contribution in [0.1, 0.15) is 50.0 Å². The van der Waals surface area contributed by atoms with Gasteiger partial charge in [-0.25, -0.2) is 5.43 Å². The van der Waals surface area contributed by atoms with Crippen molar-refractivity contribution < 1.29 is 19.0 Å². The fourth-order valence-corrected chi connectivity index (χ4v) is 2.46. The van der Waals surface area contributed by atoms with Crippen LogP contribution in [0.3, 0.4) is 0 Å². The van der Waals surface area contributed by atoms with E-state index in [2.05, 4.69) is 10.5 Å². The molecule has 1 N–H and O–H groups in total. The summed E-state index contributed by atoms with van der Waals surface area (Å²) in [6, 6.07) is 12.6. The molecule has 2 rings (SSSR count). The van der Waals surface area contributed by atoms with Gasteiger partial charge in [-0.2, -0.15) is 5.10 Å². The van der Waals surface area contributed by atoms with E-state index in [4.69, 9.17) is 14.2 Å². The summed E-state index contributed by atoms with van der Waals surface area (Å²) in [4.78, 5) is 12.3. The fourth-order valence-electron chi connectivity index (χ4n) is 2.46. The number of carbonyl (C=O) groups is 1. The first-order chi connectivity index (χ1) is 13.6. The van der Waals surface area contributed by atoms with Crippen LogP contribution >= 0.6 is 0 Å². The van der Waals surface area contributed by atoms with Gasteiger partial charge >= 0.3 is 0 Å². The van der Waals surface area contributed by atoms with E-state index in [0.29, 0.717) is 42.6 Å². The summed E-state index contributed by atoms with van der Waals surface area (Å²) in [5.74, 6) is 1.81. The van der Waals surface area contributed by atoms with Crippen LogP contribution in [0.2, 0.25) is 0 Å². The first kappa shape index (κ1) is 21.3. The van der Waals surface area contributed by atoms with Gasteiger partial charge in [-0.05, 0) is 69.7 Å². The van der Waals surface area contributed by atoms with Gasteiger partial charge in [0, 0.05) is 11.1 Å². The van der Waals surface area contributed by atoms with E-state index in [1.807, 2.05) is 45.9 Å². The molecule has 28 heavy (non-hydrogen) atoms. The van der Waals surface area contributed by atoms with Crippen molar-refractivity contribution in [3.63, 3.8) is 0 Å². The molecule has 2 aromatic carbocycles. The van der Waals surface area contributed by atoms with Crippen LogP contribution in [0, 0.1) is 0 Å². The molecule has 0 bridgehead atoms. The van der Waals surface area contributed by atoms with E-state index < -0.39 is 0 Å². The SMILES string of the molecule is CCCOc1ccc(C(=O)N/N=C(\C)c2ccc(OCC)c(OCC)c2)cc1.